The molecule has 17 heavy (non-hydrogen) atoms. The summed E-state index contributed by atoms with van der Waals surface area (Å²) in [7, 11) is 0. The Kier molecular flexibility index (Phi) is 3.92. The van der Waals surface area contributed by atoms with E-state index in [-0.39, 0.29) is 0 Å². The molecule has 0 amide bonds. The fourth-order valence-electron chi connectivity index (χ4n) is 1.32. The van der Waals surface area contributed by atoms with Crippen LogP contribution < -0.4 is 5.73 Å². The number of nitrogen functional groups attached to an aromatic ring is 1. The second kappa shape index (κ2) is 5.43. The smallest absolute Gasteiger partial charge is 0.100 e. The van der Waals surface area contributed by atoms with Crippen LogP contribution in [-0.2, 0) is 0 Å². The van der Waals surface area contributed by atoms with Gasteiger partial charge in [0.2, 0.25) is 0 Å². The Balaban J connectivity index is 2.22. The molecule has 0 aliphatic carbocycles. The van der Waals surface area contributed by atoms with Crippen LogP contribution in [0.2, 0.25) is 0 Å². The highest BCUT2D eigenvalue weighted by molar-refractivity contribution is 14.1. The molecule has 0 radical (unpaired) electrons. The summed E-state index contributed by atoms with van der Waals surface area (Å²) in [6, 6.07) is 15.7. The molecule has 4 heteroatoms. The van der Waals surface area contributed by atoms with Crippen molar-refractivity contribution in [3.05, 3.63) is 51.6 Å². The predicted octanol–water partition coefficient (Wildman–Crippen LogP) is 3.90. The van der Waals surface area contributed by atoms with Crippen LogP contribution in [-0.4, -0.2) is 0 Å². The first kappa shape index (κ1) is 12.3. The van der Waals surface area contributed by atoms with Gasteiger partial charge < -0.3 is 5.73 Å². The van der Waals surface area contributed by atoms with E-state index in [9.17, 15) is 0 Å². The van der Waals surface area contributed by atoms with Crippen molar-refractivity contribution in [3.8, 4) is 6.07 Å². The van der Waals surface area contributed by atoms with E-state index in [1.54, 1.807) is 11.8 Å². The van der Waals surface area contributed by atoms with Crippen molar-refractivity contribution >= 4 is 40.0 Å². The zero-order valence-electron chi connectivity index (χ0n) is 8.85. The maximum atomic E-state index is 8.85. The van der Waals surface area contributed by atoms with Crippen molar-refractivity contribution < 1.29 is 0 Å². The Morgan fingerprint density at radius 1 is 1.06 bits per heavy atom. The minimum Gasteiger partial charge on any atom is -0.399 e. The lowest BCUT2D eigenvalue weighted by atomic mass is 10.2. The van der Waals surface area contributed by atoms with Gasteiger partial charge in [-0.2, -0.15) is 5.26 Å². The van der Waals surface area contributed by atoms with Crippen LogP contribution in [0, 0.1) is 14.9 Å². The SMILES string of the molecule is N#Cc1ccc(Sc2ccc(N)cc2)cc1I. The lowest BCUT2D eigenvalue weighted by Crippen LogP contribution is -1.84. The molecule has 0 aromatic heterocycles. The molecule has 0 unspecified atom stereocenters. The van der Waals surface area contributed by atoms with Gasteiger partial charge >= 0.3 is 0 Å². The van der Waals surface area contributed by atoms with Gasteiger partial charge in [-0.05, 0) is 65.1 Å². The molecular formula is C13H9IN2S. The van der Waals surface area contributed by atoms with E-state index < -0.39 is 0 Å². The molecule has 0 atom stereocenters. The summed E-state index contributed by atoms with van der Waals surface area (Å²) in [4.78, 5) is 2.26. The van der Waals surface area contributed by atoms with Gasteiger partial charge in [0.25, 0.3) is 0 Å². The zero-order valence-corrected chi connectivity index (χ0v) is 11.8. The fraction of sp³-hybridized carbons (Fsp3) is 0. The maximum Gasteiger partial charge on any atom is 0.100 e. The predicted molar refractivity (Wildman–Crippen MR) is 78.9 cm³/mol. The van der Waals surface area contributed by atoms with Gasteiger partial charge in [0.05, 0.1) is 5.56 Å². The molecule has 2 aromatic carbocycles. The van der Waals surface area contributed by atoms with E-state index in [2.05, 4.69) is 28.7 Å². The zero-order chi connectivity index (χ0) is 12.3. The largest absolute Gasteiger partial charge is 0.399 e. The molecule has 0 fully saturated rings. The van der Waals surface area contributed by atoms with E-state index in [0.717, 1.165) is 19.0 Å². The summed E-state index contributed by atoms with van der Waals surface area (Å²) in [6.07, 6.45) is 0. The van der Waals surface area contributed by atoms with Crippen molar-refractivity contribution in [2.75, 3.05) is 5.73 Å². The summed E-state index contributed by atoms with van der Waals surface area (Å²) >= 11 is 3.84. The molecule has 0 aliphatic rings. The minimum atomic E-state index is 0.715. The number of hydrogen-bond acceptors (Lipinski definition) is 3. The number of rotatable bonds is 2. The molecule has 2 rings (SSSR count). The van der Waals surface area contributed by atoms with Gasteiger partial charge in [0.15, 0.2) is 0 Å². The van der Waals surface area contributed by atoms with Gasteiger partial charge in [0, 0.05) is 19.0 Å². The van der Waals surface area contributed by atoms with E-state index in [4.69, 9.17) is 11.0 Å². The average molecular weight is 352 g/mol. The summed E-state index contributed by atoms with van der Waals surface area (Å²) in [6.45, 7) is 0. The van der Waals surface area contributed by atoms with Crippen molar-refractivity contribution in [3.63, 3.8) is 0 Å². The second-order valence-corrected chi connectivity index (χ2v) is 5.73. The molecule has 0 bridgehead atoms. The van der Waals surface area contributed by atoms with Gasteiger partial charge in [-0.1, -0.05) is 11.8 Å². The Labute approximate surface area is 118 Å². The highest BCUT2D eigenvalue weighted by Gasteiger charge is 2.02. The number of nitriles is 1. The van der Waals surface area contributed by atoms with Crippen molar-refractivity contribution in [1.82, 2.24) is 0 Å². The molecule has 0 saturated carbocycles. The Hall–Kier alpha value is -1.19. The first-order valence-corrected chi connectivity index (χ1v) is 6.81. The summed E-state index contributed by atoms with van der Waals surface area (Å²) in [5, 5.41) is 8.85. The Morgan fingerprint density at radius 2 is 1.71 bits per heavy atom. The highest BCUT2D eigenvalue weighted by Crippen LogP contribution is 2.29. The van der Waals surface area contributed by atoms with Crippen LogP contribution in [0.3, 0.4) is 0 Å². The summed E-state index contributed by atoms with van der Waals surface area (Å²) < 4.78 is 0.977. The van der Waals surface area contributed by atoms with Gasteiger partial charge in [-0.25, -0.2) is 0 Å². The molecule has 2 nitrogen and oxygen atoms in total. The standard InChI is InChI=1S/C13H9IN2S/c14-13-7-12(4-1-9(13)8-15)17-11-5-2-10(16)3-6-11/h1-7H,16H2. The molecule has 84 valence electrons. The molecule has 2 N–H and O–H groups in total. The van der Waals surface area contributed by atoms with Crippen molar-refractivity contribution in [2.24, 2.45) is 0 Å². The highest BCUT2D eigenvalue weighted by atomic mass is 127. The molecular weight excluding hydrogens is 343 g/mol. The first-order valence-electron chi connectivity index (χ1n) is 4.92. The van der Waals surface area contributed by atoms with E-state index in [1.165, 1.54) is 0 Å². The van der Waals surface area contributed by atoms with Crippen LogP contribution in [0.25, 0.3) is 0 Å². The first-order chi connectivity index (χ1) is 8.19. The van der Waals surface area contributed by atoms with Gasteiger partial charge in [0.1, 0.15) is 6.07 Å². The molecule has 2 aromatic rings. The molecule has 0 heterocycles. The van der Waals surface area contributed by atoms with Gasteiger partial charge in [-0.15, -0.1) is 0 Å². The molecule has 0 aliphatic heterocycles. The average Bonchev–Trinajstić information content (AvgIpc) is 2.32. The van der Waals surface area contributed by atoms with E-state index >= 15 is 0 Å². The van der Waals surface area contributed by atoms with Crippen molar-refractivity contribution in [2.45, 2.75) is 9.79 Å². The van der Waals surface area contributed by atoms with Crippen LogP contribution in [0.15, 0.2) is 52.3 Å². The van der Waals surface area contributed by atoms with Crippen LogP contribution >= 0.6 is 34.4 Å². The van der Waals surface area contributed by atoms with Crippen LogP contribution in [0.5, 0.6) is 0 Å². The van der Waals surface area contributed by atoms with Gasteiger partial charge in [-0.3, -0.25) is 0 Å². The number of nitrogens with two attached hydrogens (primary N) is 1. The topological polar surface area (TPSA) is 49.8 Å². The molecule has 0 spiro atoms. The third kappa shape index (κ3) is 3.14. The quantitative estimate of drug-likeness (QED) is 0.659. The van der Waals surface area contributed by atoms with Crippen LogP contribution in [0.4, 0.5) is 5.69 Å². The lowest BCUT2D eigenvalue weighted by molar-refractivity contribution is 1.36. The van der Waals surface area contributed by atoms with E-state index in [1.807, 2.05) is 42.5 Å². The Morgan fingerprint density at radius 3 is 2.29 bits per heavy atom. The van der Waals surface area contributed by atoms with E-state index in [0.29, 0.717) is 5.56 Å². The normalized spacial score (nSPS) is 9.88. The summed E-state index contributed by atoms with van der Waals surface area (Å²) in [5.74, 6) is 0. The number of benzene rings is 2. The second-order valence-electron chi connectivity index (χ2n) is 3.42. The third-order valence-electron chi connectivity index (χ3n) is 2.18. The maximum absolute atomic E-state index is 8.85. The number of hydrogen-bond donors (Lipinski definition) is 1. The number of anilines is 1. The monoisotopic (exact) mass is 352 g/mol. The van der Waals surface area contributed by atoms with Crippen molar-refractivity contribution in [1.29, 1.82) is 5.26 Å². The number of nitrogens with zero attached hydrogens (tertiary/aromatic N) is 1. The molecule has 0 saturated heterocycles. The fourth-order valence-corrected chi connectivity index (χ4v) is 3.03. The van der Waals surface area contributed by atoms with Crippen LogP contribution in [0.1, 0.15) is 5.56 Å². The lowest BCUT2D eigenvalue weighted by Gasteiger charge is -2.03. The summed E-state index contributed by atoms with van der Waals surface area (Å²) in [5.41, 5.74) is 7.12. The Bertz CT molecular complexity index is 573. The number of halogens is 1. The minimum absolute atomic E-state index is 0.715. The third-order valence-corrected chi connectivity index (χ3v) is 4.07.